The lowest BCUT2D eigenvalue weighted by atomic mass is 9.92. The van der Waals surface area contributed by atoms with E-state index in [2.05, 4.69) is 26.4 Å². The highest BCUT2D eigenvalue weighted by molar-refractivity contribution is 9.10. The highest BCUT2D eigenvalue weighted by Crippen LogP contribution is 2.19. The van der Waals surface area contributed by atoms with E-state index in [-0.39, 0.29) is 17.9 Å². The third kappa shape index (κ3) is 3.92. The Morgan fingerprint density at radius 2 is 2.21 bits per heavy atom. The van der Waals surface area contributed by atoms with E-state index in [0.29, 0.717) is 4.47 Å². The number of hydrogen-bond acceptors (Lipinski definition) is 3. The predicted molar refractivity (Wildman–Crippen MR) is 73.6 cm³/mol. The molecule has 0 aliphatic carbocycles. The van der Waals surface area contributed by atoms with E-state index >= 15 is 0 Å². The van der Waals surface area contributed by atoms with Crippen LogP contribution in [0.15, 0.2) is 27.8 Å². The van der Waals surface area contributed by atoms with Crippen LogP contribution >= 0.6 is 15.9 Å². The molecule has 0 atom stereocenters. The molecule has 0 bridgehead atoms. The van der Waals surface area contributed by atoms with Crippen molar-refractivity contribution in [2.75, 3.05) is 6.54 Å². The Balaban J connectivity index is 2.79. The van der Waals surface area contributed by atoms with Crippen LogP contribution in [0.2, 0.25) is 0 Å². The van der Waals surface area contributed by atoms with Gasteiger partial charge in [-0.05, 0) is 34.1 Å². The van der Waals surface area contributed by atoms with E-state index in [9.17, 15) is 9.18 Å². The molecule has 104 valence electrons. The average Bonchev–Trinajstić information content (AvgIpc) is 2.37. The summed E-state index contributed by atoms with van der Waals surface area (Å²) < 4.78 is 13.6. The van der Waals surface area contributed by atoms with Crippen LogP contribution in [-0.4, -0.2) is 23.5 Å². The number of halogens is 2. The molecule has 0 spiro atoms. The lowest BCUT2D eigenvalue weighted by molar-refractivity contribution is 0.0943. The topological polar surface area (TPSA) is 87.7 Å². The Kier molecular flexibility index (Phi) is 4.88. The van der Waals surface area contributed by atoms with Gasteiger partial charge in [-0.15, -0.1) is 0 Å². The zero-order valence-corrected chi connectivity index (χ0v) is 12.2. The van der Waals surface area contributed by atoms with Crippen molar-refractivity contribution in [2.24, 2.45) is 16.3 Å². The van der Waals surface area contributed by atoms with Gasteiger partial charge in [0.15, 0.2) is 0 Å². The summed E-state index contributed by atoms with van der Waals surface area (Å²) in [5.41, 5.74) is 5.00. The van der Waals surface area contributed by atoms with Gasteiger partial charge in [-0.3, -0.25) is 4.79 Å². The number of hydrogen-bond donors (Lipinski definition) is 3. The van der Waals surface area contributed by atoms with E-state index in [1.165, 1.54) is 12.1 Å². The molecule has 0 saturated heterocycles. The molecular formula is C12H15BrFN3O2. The maximum atomic E-state index is 13.1. The zero-order chi connectivity index (χ0) is 14.6. The molecule has 1 aromatic rings. The fourth-order valence-electron chi connectivity index (χ4n) is 1.29. The molecule has 0 aromatic heterocycles. The SMILES string of the molecule is CC(C)(CNC(=O)c1cc(F)ccc1Br)/C(N)=N/O. The largest absolute Gasteiger partial charge is 0.409 e. The summed E-state index contributed by atoms with van der Waals surface area (Å²) in [5, 5.41) is 14.2. The van der Waals surface area contributed by atoms with Gasteiger partial charge in [0, 0.05) is 16.4 Å². The van der Waals surface area contributed by atoms with Crippen LogP contribution < -0.4 is 11.1 Å². The van der Waals surface area contributed by atoms with Crippen molar-refractivity contribution in [3.05, 3.63) is 34.1 Å². The van der Waals surface area contributed by atoms with Gasteiger partial charge in [0.25, 0.3) is 5.91 Å². The summed E-state index contributed by atoms with van der Waals surface area (Å²) in [7, 11) is 0. The third-order valence-electron chi connectivity index (χ3n) is 2.67. The quantitative estimate of drug-likeness (QED) is 0.341. The number of nitrogens with two attached hydrogens (primary N) is 1. The fraction of sp³-hybridized carbons (Fsp3) is 0.333. The van der Waals surface area contributed by atoms with Crippen LogP contribution in [0.3, 0.4) is 0 Å². The van der Waals surface area contributed by atoms with E-state index in [1.54, 1.807) is 13.8 Å². The van der Waals surface area contributed by atoms with Crippen LogP contribution in [0.4, 0.5) is 4.39 Å². The first kappa shape index (κ1) is 15.4. The van der Waals surface area contributed by atoms with Crippen molar-refractivity contribution >= 4 is 27.7 Å². The molecule has 0 fully saturated rings. The van der Waals surface area contributed by atoms with Gasteiger partial charge < -0.3 is 16.3 Å². The Morgan fingerprint density at radius 1 is 1.58 bits per heavy atom. The molecule has 0 aliphatic heterocycles. The molecule has 19 heavy (non-hydrogen) atoms. The normalized spacial score (nSPS) is 12.3. The molecule has 1 aromatic carbocycles. The van der Waals surface area contributed by atoms with Crippen molar-refractivity contribution in [3.8, 4) is 0 Å². The number of nitrogens with one attached hydrogen (secondary N) is 1. The van der Waals surface area contributed by atoms with Crippen LogP contribution in [-0.2, 0) is 0 Å². The van der Waals surface area contributed by atoms with E-state index in [0.717, 1.165) is 6.07 Å². The number of rotatable bonds is 4. The van der Waals surface area contributed by atoms with Gasteiger partial charge in [0.2, 0.25) is 0 Å². The maximum Gasteiger partial charge on any atom is 0.252 e. The first-order valence-electron chi connectivity index (χ1n) is 5.49. The highest BCUT2D eigenvalue weighted by Gasteiger charge is 2.25. The second-order valence-corrected chi connectivity index (χ2v) is 5.53. The number of amides is 1. The Morgan fingerprint density at radius 3 is 2.79 bits per heavy atom. The van der Waals surface area contributed by atoms with Gasteiger partial charge in [0.05, 0.1) is 5.56 Å². The second kappa shape index (κ2) is 6.01. The summed E-state index contributed by atoms with van der Waals surface area (Å²) in [6, 6.07) is 3.84. The number of benzene rings is 1. The average molecular weight is 332 g/mol. The van der Waals surface area contributed by atoms with Crippen LogP contribution in [0.5, 0.6) is 0 Å². The van der Waals surface area contributed by atoms with Crippen LogP contribution in [0, 0.1) is 11.2 Å². The molecule has 0 unspecified atom stereocenters. The highest BCUT2D eigenvalue weighted by atomic mass is 79.9. The van der Waals surface area contributed by atoms with Gasteiger partial charge in [0.1, 0.15) is 11.7 Å². The number of carbonyl (C=O) groups excluding carboxylic acids is 1. The van der Waals surface area contributed by atoms with Crippen LogP contribution in [0.1, 0.15) is 24.2 Å². The molecule has 1 amide bonds. The van der Waals surface area contributed by atoms with Crippen molar-refractivity contribution in [2.45, 2.75) is 13.8 Å². The standard InChI is InChI=1S/C12H15BrFN3O2/c1-12(2,11(15)17-19)6-16-10(18)8-5-7(14)3-4-9(8)13/h3-5,19H,6H2,1-2H3,(H2,15,17)(H,16,18). The molecule has 7 heteroatoms. The third-order valence-corrected chi connectivity index (χ3v) is 3.36. The summed E-state index contributed by atoms with van der Waals surface area (Å²) in [6.07, 6.45) is 0. The summed E-state index contributed by atoms with van der Waals surface area (Å²) in [6.45, 7) is 3.58. The maximum absolute atomic E-state index is 13.1. The van der Waals surface area contributed by atoms with E-state index < -0.39 is 17.1 Å². The Hall–Kier alpha value is -1.63. The Labute approximate surface area is 118 Å². The first-order valence-corrected chi connectivity index (χ1v) is 6.28. The lowest BCUT2D eigenvalue weighted by Gasteiger charge is -2.23. The predicted octanol–water partition coefficient (Wildman–Crippen LogP) is 2.09. The number of carbonyl (C=O) groups is 1. The number of nitrogens with zero attached hydrogens (tertiary/aromatic N) is 1. The molecular weight excluding hydrogens is 317 g/mol. The molecule has 0 aliphatic rings. The fourth-order valence-corrected chi connectivity index (χ4v) is 1.72. The van der Waals surface area contributed by atoms with Crippen molar-refractivity contribution < 1.29 is 14.4 Å². The summed E-state index contributed by atoms with van der Waals surface area (Å²) in [4.78, 5) is 11.9. The van der Waals surface area contributed by atoms with E-state index in [1.807, 2.05) is 0 Å². The van der Waals surface area contributed by atoms with E-state index in [4.69, 9.17) is 10.9 Å². The number of amidine groups is 1. The molecule has 0 heterocycles. The minimum Gasteiger partial charge on any atom is -0.409 e. The minimum atomic E-state index is -0.704. The number of oxime groups is 1. The molecule has 4 N–H and O–H groups in total. The monoisotopic (exact) mass is 331 g/mol. The van der Waals surface area contributed by atoms with Crippen molar-refractivity contribution in [1.29, 1.82) is 0 Å². The van der Waals surface area contributed by atoms with Gasteiger partial charge >= 0.3 is 0 Å². The summed E-state index contributed by atoms with van der Waals surface area (Å²) in [5.74, 6) is -0.930. The van der Waals surface area contributed by atoms with Gasteiger partial charge in [-0.2, -0.15) is 0 Å². The zero-order valence-electron chi connectivity index (χ0n) is 10.6. The molecule has 0 saturated carbocycles. The van der Waals surface area contributed by atoms with Crippen LogP contribution in [0.25, 0.3) is 0 Å². The van der Waals surface area contributed by atoms with Gasteiger partial charge in [-0.25, -0.2) is 4.39 Å². The van der Waals surface area contributed by atoms with Crippen molar-refractivity contribution in [3.63, 3.8) is 0 Å². The second-order valence-electron chi connectivity index (χ2n) is 4.68. The smallest absolute Gasteiger partial charge is 0.252 e. The molecule has 1 rings (SSSR count). The van der Waals surface area contributed by atoms with Gasteiger partial charge in [-0.1, -0.05) is 19.0 Å². The summed E-state index contributed by atoms with van der Waals surface area (Å²) >= 11 is 3.18. The molecule has 5 nitrogen and oxygen atoms in total. The Bertz CT molecular complexity index is 518. The minimum absolute atomic E-state index is 0.00566. The first-order chi connectivity index (χ1) is 8.77. The lowest BCUT2D eigenvalue weighted by Crippen LogP contribution is -2.42. The van der Waals surface area contributed by atoms with Crippen molar-refractivity contribution in [1.82, 2.24) is 5.32 Å². The molecule has 0 radical (unpaired) electrons.